The average Bonchev–Trinajstić information content (AvgIpc) is 2.82. The first-order valence-electron chi connectivity index (χ1n) is 5.99. The van der Waals surface area contributed by atoms with Gasteiger partial charge in [0, 0.05) is 5.92 Å². The van der Waals surface area contributed by atoms with Gasteiger partial charge in [-0.15, -0.1) is 13.2 Å². The third-order valence-electron chi connectivity index (χ3n) is 3.80. The molecule has 0 aromatic rings. The summed E-state index contributed by atoms with van der Waals surface area (Å²) in [7, 11) is 0. The van der Waals surface area contributed by atoms with Crippen LogP contribution in [0.3, 0.4) is 0 Å². The molecule has 20 heavy (non-hydrogen) atoms. The largest absolute Gasteiger partial charge is 0.374 e. The Hall–Kier alpha value is -1.01. The van der Waals surface area contributed by atoms with Crippen LogP contribution in [-0.2, 0) is 0 Å². The second-order valence-electron chi connectivity index (χ2n) is 5.01. The van der Waals surface area contributed by atoms with Crippen molar-refractivity contribution in [3.63, 3.8) is 0 Å². The lowest BCUT2D eigenvalue weighted by Gasteiger charge is -2.36. The molecule has 7 heteroatoms. The maximum Gasteiger partial charge on any atom is 0.374 e. The van der Waals surface area contributed by atoms with Crippen molar-refractivity contribution < 1.29 is 30.7 Å². The molecule has 0 heterocycles. The summed E-state index contributed by atoms with van der Waals surface area (Å²) in [6.45, 7) is 3.80. The van der Waals surface area contributed by atoms with Crippen LogP contribution in [0.15, 0.2) is 25.3 Å². The predicted octanol–water partition coefficient (Wildman–Crippen LogP) is 4.88. The normalized spacial score (nSPS) is 28.4. The maximum atomic E-state index is 13.9. The molecular weight excluding hydrogens is 289 g/mol. The smallest absolute Gasteiger partial charge is 0.244 e. The van der Waals surface area contributed by atoms with Crippen LogP contribution in [0.2, 0.25) is 0 Å². The van der Waals surface area contributed by atoms with Gasteiger partial charge in [0.2, 0.25) is 0 Å². The molecule has 0 nitrogen and oxygen atoms in total. The monoisotopic (exact) mass is 304 g/mol. The summed E-state index contributed by atoms with van der Waals surface area (Å²) in [5, 5.41) is 0. The first kappa shape index (κ1) is 17.0. The van der Waals surface area contributed by atoms with Crippen LogP contribution in [0, 0.1) is 17.8 Å². The highest BCUT2D eigenvalue weighted by molar-refractivity contribution is 5.08. The van der Waals surface area contributed by atoms with Crippen molar-refractivity contribution in [2.75, 3.05) is 6.67 Å². The van der Waals surface area contributed by atoms with Gasteiger partial charge in [0.15, 0.2) is 6.67 Å². The number of halogens is 7. The molecule has 116 valence electrons. The molecule has 3 atom stereocenters. The summed E-state index contributed by atoms with van der Waals surface area (Å²) < 4.78 is 92.1. The van der Waals surface area contributed by atoms with E-state index in [0.717, 1.165) is 6.08 Å². The van der Waals surface area contributed by atoms with Crippen LogP contribution in [0.1, 0.15) is 12.8 Å². The van der Waals surface area contributed by atoms with Crippen molar-refractivity contribution in [1.82, 2.24) is 0 Å². The van der Waals surface area contributed by atoms with E-state index < -0.39 is 48.6 Å². The lowest BCUT2D eigenvalue weighted by molar-refractivity contribution is -0.328. The zero-order valence-corrected chi connectivity index (χ0v) is 10.6. The second-order valence-corrected chi connectivity index (χ2v) is 5.01. The van der Waals surface area contributed by atoms with Crippen molar-refractivity contribution in [1.29, 1.82) is 0 Å². The lowest BCUT2D eigenvalue weighted by Crippen LogP contribution is -2.58. The fourth-order valence-corrected chi connectivity index (χ4v) is 2.54. The quantitative estimate of drug-likeness (QED) is 0.485. The zero-order chi connectivity index (χ0) is 15.8. The molecule has 1 aliphatic carbocycles. The summed E-state index contributed by atoms with van der Waals surface area (Å²) in [6, 6.07) is 0. The molecule has 0 spiro atoms. The number of hydrogen-bond donors (Lipinski definition) is 0. The van der Waals surface area contributed by atoms with Crippen LogP contribution >= 0.6 is 0 Å². The van der Waals surface area contributed by atoms with Gasteiger partial charge in [0.05, 0.1) is 0 Å². The number of alkyl halides is 7. The standard InChI is InChI=1S/C13H15F7/c1-3-8-5-9(4-2)10(6-8)12(17,18)13(19,20)11(15,16)7-14/h3-4,8-10H,1-2,5-7H2. The summed E-state index contributed by atoms with van der Waals surface area (Å²) >= 11 is 0. The van der Waals surface area contributed by atoms with E-state index in [9.17, 15) is 30.7 Å². The highest BCUT2D eigenvalue weighted by Gasteiger charge is 2.74. The first-order chi connectivity index (χ1) is 9.05. The van der Waals surface area contributed by atoms with Gasteiger partial charge in [0.1, 0.15) is 0 Å². The lowest BCUT2D eigenvalue weighted by atomic mass is 9.84. The van der Waals surface area contributed by atoms with Gasteiger partial charge in [-0.3, -0.25) is 0 Å². The first-order valence-corrected chi connectivity index (χ1v) is 5.99. The molecule has 0 saturated heterocycles. The number of hydrogen-bond acceptors (Lipinski definition) is 0. The van der Waals surface area contributed by atoms with Gasteiger partial charge >= 0.3 is 17.8 Å². The molecule has 1 aliphatic rings. The zero-order valence-electron chi connectivity index (χ0n) is 10.6. The fourth-order valence-electron chi connectivity index (χ4n) is 2.54. The Kier molecular flexibility index (Phi) is 4.61. The van der Waals surface area contributed by atoms with E-state index in [4.69, 9.17) is 0 Å². The minimum absolute atomic E-state index is 0.0878. The molecule has 0 radical (unpaired) electrons. The third kappa shape index (κ3) is 2.46. The maximum absolute atomic E-state index is 13.9. The molecule has 0 aromatic carbocycles. The molecule has 1 fully saturated rings. The topological polar surface area (TPSA) is 0 Å². The van der Waals surface area contributed by atoms with Gasteiger partial charge in [0.25, 0.3) is 0 Å². The summed E-state index contributed by atoms with van der Waals surface area (Å²) in [5.41, 5.74) is 0. The van der Waals surface area contributed by atoms with Gasteiger partial charge in [-0.05, 0) is 24.7 Å². The average molecular weight is 304 g/mol. The highest BCUT2D eigenvalue weighted by Crippen LogP contribution is 2.56. The molecule has 1 saturated carbocycles. The van der Waals surface area contributed by atoms with Gasteiger partial charge in [-0.25, -0.2) is 4.39 Å². The predicted molar refractivity (Wildman–Crippen MR) is 60.9 cm³/mol. The van der Waals surface area contributed by atoms with E-state index in [0.29, 0.717) is 0 Å². The molecule has 0 bridgehead atoms. The fraction of sp³-hybridized carbons (Fsp3) is 0.692. The Labute approximate surface area is 112 Å². The molecule has 0 aliphatic heterocycles. The summed E-state index contributed by atoms with van der Waals surface area (Å²) in [6.07, 6.45) is 2.04. The van der Waals surface area contributed by atoms with Crippen molar-refractivity contribution in [2.45, 2.75) is 30.6 Å². The Balaban J connectivity index is 3.14. The van der Waals surface area contributed by atoms with Crippen molar-refractivity contribution in [2.24, 2.45) is 17.8 Å². The minimum atomic E-state index is -5.75. The van der Waals surface area contributed by atoms with E-state index in [-0.39, 0.29) is 6.42 Å². The summed E-state index contributed by atoms with van der Waals surface area (Å²) in [4.78, 5) is 0. The van der Waals surface area contributed by atoms with E-state index in [1.807, 2.05) is 0 Å². The molecule has 3 unspecified atom stereocenters. The van der Waals surface area contributed by atoms with E-state index in [1.165, 1.54) is 6.08 Å². The third-order valence-corrected chi connectivity index (χ3v) is 3.80. The van der Waals surface area contributed by atoms with Crippen LogP contribution in [-0.4, -0.2) is 24.4 Å². The number of allylic oxidation sites excluding steroid dienone is 2. The van der Waals surface area contributed by atoms with Crippen molar-refractivity contribution >= 4 is 0 Å². The van der Waals surface area contributed by atoms with Crippen LogP contribution in [0.4, 0.5) is 30.7 Å². The van der Waals surface area contributed by atoms with Crippen LogP contribution in [0.5, 0.6) is 0 Å². The van der Waals surface area contributed by atoms with E-state index in [2.05, 4.69) is 13.2 Å². The molecule has 0 amide bonds. The minimum Gasteiger partial charge on any atom is -0.244 e. The van der Waals surface area contributed by atoms with Gasteiger partial charge in [-0.2, -0.15) is 26.3 Å². The highest BCUT2D eigenvalue weighted by atomic mass is 19.3. The SMILES string of the molecule is C=CC1CC(C=C)C(C(F)(F)C(F)(F)C(F)(F)CF)C1. The Morgan fingerprint density at radius 2 is 1.50 bits per heavy atom. The van der Waals surface area contributed by atoms with Crippen LogP contribution in [0.25, 0.3) is 0 Å². The summed E-state index contributed by atoms with van der Waals surface area (Å²) in [5.74, 6) is -19.7. The Morgan fingerprint density at radius 3 is 1.90 bits per heavy atom. The van der Waals surface area contributed by atoms with Gasteiger partial charge in [-0.1, -0.05) is 12.2 Å². The van der Waals surface area contributed by atoms with Gasteiger partial charge < -0.3 is 0 Å². The second kappa shape index (κ2) is 5.41. The Morgan fingerprint density at radius 1 is 0.950 bits per heavy atom. The van der Waals surface area contributed by atoms with Crippen molar-refractivity contribution in [3.05, 3.63) is 25.3 Å². The van der Waals surface area contributed by atoms with Crippen molar-refractivity contribution in [3.8, 4) is 0 Å². The van der Waals surface area contributed by atoms with E-state index >= 15 is 0 Å². The molecular formula is C13H15F7. The molecule has 0 aromatic heterocycles. The Bertz CT molecular complexity index is 375. The van der Waals surface area contributed by atoms with E-state index in [1.54, 1.807) is 0 Å². The molecule has 0 N–H and O–H groups in total. The number of rotatable bonds is 6. The molecule has 1 rings (SSSR count). The van der Waals surface area contributed by atoms with Crippen LogP contribution < -0.4 is 0 Å².